The van der Waals surface area contributed by atoms with Crippen LogP contribution < -0.4 is 0 Å². The number of rotatable bonds is 0. The predicted octanol–water partition coefficient (Wildman–Crippen LogP) is 1.24. The fourth-order valence-electron chi connectivity index (χ4n) is 0. The lowest BCUT2D eigenvalue weighted by molar-refractivity contribution is 0.137. The zero-order valence-electron chi connectivity index (χ0n) is 3.97. The Labute approximate surface area is 55.5 Å². The van der Waals surface area contributed by atoms with Crippen molar-refractivity contribution in [1.29, 1.82) is 0 Å². The molecule has 0 rings (SSSR count). The first-order valence-electron chi connectivity index (χ1n) is 1.56. The molecule has 46 valence electrons. The Balaban J connectivity index is 0. The molecule has 0 unspecified atom stereocenters. The highest BCUT2D eigenvalue weighted by molar-refractivity contribution is 9.09. The molecule has 0 aromatic rings. The molecule has 0 fully saturated rings. The van der Waals surface area contributed by atoms with Gasteiger partial charge in [-0.2, -0.15) is 0 Å². The molecule has 0 spiro atoms. The maximum Gasteiger partial charge on any atom is 0.503 e. The monoisotopic (exact) mass is 180 g/mol. The molecule has 0 aliphatic rings. The summed E-state index contributed by atoms with van der Waals surface area (Å²) >= 11 is 3.01. The second-order valence-electron chi connectivity index (χ2n) is 0.620. The lowest BCUT2D eigenvalue weighted by Crippen LogP contribution is -1.81. The smallest absolute Gasteiger partial charge is 0.450 e. The molecule has 0 aromatic heterocycles. The Morgan fingerprint density at radius 1 is 1.75 bits per heavy atom. The van der Waals surface area contributed by atoms with Gasteiger partial charge >= 0.3 is 6.16 Å². The summed E-state index contributed by atoms with van der Waals surface area (Å²) in [6.07, 6.45) is 2.90. The van der Waals surface area contributed by atoms with Crippen LogP contribution in [-0.4, -0.2) is 21.7 Å². The maximum absolute atomic E-state index is 8.56. The van der Waals surface area contributed by atoms with Gasteiger partial charge in [0.15, 0.2) is 0 Å². The standard InChI is InChI=1S/C3H3Br.CH2O3/c1-2-3-4;2-1(3)4/h1H,3H2;(H2,2,3,4). The molecule has 0 aliphatic carbocycles. The van der Waals surface area contributed by atoms with Gasteiger partial charge < -0.3 is 10.2 Å². The molecule has 0 aromatic carbocycles. The molecule has 0 heterocycles. The first-order chi connectivity index (χ1) is 3.65. The van der Waals surface area contributed by atoms with Crippen LogP contribution in [0.1, 0.15) is 0 Å². The highest BCUT2D eigenvalue weighted by Crippen LogP contribution is 1.68. The predicted molar refractivity (Wildman–Crippen MR) is 33.3 cm³/mol. The van der Waals surface area contributed by atoms with Gasteiger partial charge in [0.1, 0.15) is 0 Å². The van der Waals surface area contributed by atoms with Gasteiger partial charge in [-0.05, 0) is 0 Å². The van der Waals surface area contributed by atoms with E-state index in [0.29, 0.717) is 5.33 Å². The first kappa shape index (κ1) is 10.3. The van der Waals surface area contributed by atoms with E-state index >= 15 is 0 Å². The fraction of sp³-hybridized carbons (Fsp3) is 0.250. The van der Waals surface area contributed by atoms with E-state index < -0.39 is 6.16 Å². The molecule has 0 atom stereocenters. The van der Waals surface area contributed by atoms with E-state index in [1.54, 1.807) is 0 Å². The first-order valence-corrected chi connectivity index (χ1v) is 2.68. The summed E-state index contributed by atoms with van der Waals surface area (Å²) < 4.78 is 0. The summed E-state index contributed by atoms with van der Waals surface area (Å²) in [6, 6.07) is 0. The lowest BCUT2D eigenvalue weighted by atomic mass is 10.9. The van der Waals surface area contributed by atoms with E-state index in [1.165, 1.54) is 0 Å². The number of alkyl halides is 1. The van der Waals surface area contributed by atoms with Crippen molar-refractivity contribution >= 4 is 22.1 Å². The minimum atomic E-state index is -1.83. The summed E-state index contributed by atoms with van der Waals surface area (Å²) in [6.45, 7) is 0. The number of halogens is 1. The van der Waals surface area contributed by atoms with Crippen LogP contribution in [0.15, 0.2) is 0 Å². The van der Waals surface area contributed by atoms with Crippen molar-refractivity contribution in [2.24, 2.45) is 0 Å². The van der Waals surface area contributed by atoms with Crippen molar-refractivity contribution in [1.82, 2.24) is 0 Å². The molecule has 0 bridgehead atoms. The van der Waals surface area contributed by atoms with Crippen LogP contribution in [0.3, 0.4) is 0 Å². The molecular weight excluding hydrogens is 176 g/mol. The van der Waals surface area contributed by atoms with Gasteiger partial charge in [-0.3, -0.25) is 0 Å². The summed E-state index contributed by atoms with van der Waals surface area (Å²) in [4.78, 5) is 8.56. The normalized spacial score (nSPS) is 5.50. The van der Waals surface area contributed by atoms with Crippen molar-refractivity contribution in [3.05, 3.63) is 0 Å². The molecule has 0 saturated heterocycles. The summed E-state index contributed by atoms with van der Waals surface area (Å²) in [5, 5.41) is 14.6. The molecule has 3 nitrogen and oxygen atoms in total. The molecule has 0 saturated carbocycles. The van der Waals surface area contributed by atoms with E-state index in [2.05, 4.69) is 21.9 Å². The van der Waals surface area contributed by atoms with E-state index in [0.717, 1.165) is 0 Å². The second kappa shape index (κ2) is 9.58. The molecule has 4 heteroatoms. The second-order valence-corrected chi connectivity index (χ2v) is 1.18. The third-order valence-electron chi connectivity index (χ3n) is 0.0772. The number of carbonyl (C=O) groups is 1. The van der Waals surface area contributed by atoms with Gasteiger partial charge in [0, 0.05) is 0 Å². The highest BCUT2D eigenvalue weighted by Gasteiger charge is 1.70. The van der Waals surface area contributed by atoms with E-state index in [1.807, 2.05) is 0 Å². The largest absolute Gasteiger partial charge is 0.503 e. The van der Waals surface area contributed by atoms with Gasteiger partial charge in [-0.1, -0.05) is 21.9 Å². The third kappa shape index (κ3) is 1030. The van der Waals surface area contributed by atoms with Crippen LogP contribution >= 0.6 is 15.9 Å². The number of carboxylic acid groups (broad SMARTS) is 2. The quantitative estimate of drug-likeness (QED) is 0.436. The minimum Gasteiger partial charge on any atom is -0.450 e. The Morgan fingerprint density at radius 3 is 1.88 bits per heavy atom. The van der Waals surface area contributed by atoms with Crippen molar-refractivity contribution in [3.8, 4) is 12.3 Å². The Hall–Kier alpha value is -0.690. The lowest BCUT2D eigenvalue weighted by Gasteiger charge is -1.60. The van der Waals surface area contributed by atoms with Gasteiger partial charge in [0.25, 0.3) is 0 Å². The van der Waals surface area contributed by atoms with Crippen molar-refractivity contribution < 1.29 is 15.0 Å². The fourth-order valence-corrected chi connectivity index (χ4v) is 0. The molecule has 0 aliphatic heterocycles. The zero-order chi connectivity index (χ0) is 6.99. The van der Waals surface area contributed by atoms with Gasteiger partial charge in [-0.15, -0.1) is 6.42 Å². The third-order valence-corrected chi connectivity index (χ3v) is 0.401. The van der Waals surface area contributed by atoms with E-state index in [9.17, 15) is 0 Å². The molecular formula is C4H5BrO3. The molecule has 8 heavy (non-hydrogen) atoms. The minimum absolute atomic E-state index is 0.660. The Kier molecular flexibility index (Phi) is 12.4. The van der Waals surface area contributed by atoms with Gasteiger partial charge in [0.05, 0.1) is 5.33 Å². The molecule has 2 N–H and O–H groups in total. The molecule has 0 radical (unpaired) electrons. The van der Waals surface area contributed by atoms with Crippen molar-refractivity contribution in [3.63, 3.8) is 0 Å². The summed E-state index contributed by atoms with van der Waals surface area (Å²) in [5.74, 6) is 2.35. The SMILES string of the molecule is C#CCBr.O=C(O)O. The number of terminal acetylenes is 1. The average molecular weight is 181 g/mol. The Bertz CT molecular complexity index is 89.9. The van der Waals surface area contributed by atoms with E-state index in [-0.39, 0.29) is 0 Å². The Morgan fingerprint density at radius 2 is 1.88 bits per heavy atom. The van der Waals surface area contributed by atoms with Crippen molar-refractivity contribution in [2.45, 2.75) is 0 Å². The van der Waals surface area contributed by atoms with Crippen molar-refractivity contribution in [2.75, 3.05) is 5.33 Å². The average Bonchev–Trinajstić information content (AvgIpc) is 1.65. The number of hydrogen-bond acceptors (Lipinski definition) is 1. The van der Waals surface area contributed by atoms with Crippen LogP contribution in [0, 0.1) is 12.3 Å². The zero-order valence-corrected chi connectivity index (χ0v) is 5.55. The van der Waals surface area contributed by atoms with Crippen LogP contribution in [0.5, 0.6) is 0 Å². The van der Waals surface area contributed by atoms with Crippen LogP contribution in [0.2, 0.25) is 0 Å². The number of hydrogen-bond donors (Lipinski definition) is 2. The topological polar surface area (TPSA) is 57.5 Å². The summed E-state index contributed by atoms with van der Waals surface area (Å²) in [7, 11) is 0. The van der Waals surface area contributed by atoms with Crippen LogP contribution in [0.25, 0.3) is 0 Å². The van der Waals surface area contributed by atoms with Gasteiger partial charge in [-0.25, -0.2) is 4.79 Å². The van der Waals surface area contributed by atoms with Crippen LogP contribution in [-0.2, 0) is 0 Å². The molecule has 0 amide bonds. The summed E-state index contributed by atoms with van der Waals surface area (Å²) in [5.41, 5.74) is 0. The van der Waals surface area contributed by atoms with Gasteiger partial charge in [0.2, 0.25) is 0 Å². The highest BCUT2D eigenvalue weighted by atomic mass is 79.9. The maximum atomic E-state index is 8.56. The van der Waals surface area contributed by atoms with Crippen LogP contribution in [0.4, 0.5) is 4.79 Å². The van der Waals surface area contributed by atoms with E-state index in [4.69, 9.17) is 21.4 Å².